The fraction of sp³-hybridized carbons (Fsp3) is 0.476. The minimum Gasteiger partial charge on any atom is -0.504 e. The molecule has 0 radical (unpaired) electrons. The molecule has 0 saturated carbocycles. The van der Waals surface area contributed by atoms with Crippen LogP contribution in [0.5, 0.6) is 11.5 Å². The van der Waals surface area contributed by atoms with Crippen molar-refractivity contribution in [3.05, 3.63) is 40.4 Å². The molecule has 1 unspecified atom stereocenters. The highest BCUT2D eigenvalue weighted by atomic mass is 32.1. The number of aromatic hydroxyl groups is 2. The van der Waals surface area contributed by atoms with E-state index >= 15 is 0 Å². The van der Waals surface area contributed by atoms with Gasteiger partial charge in [0.1, 0.15) is 0 Å². The number of anilines is 1. The average Bonchev–Trinajstić information content (AvgIpc) is 3.02. The van der Waals surface area contributed by atoms with Crippen molar-refractivity contribution in [2.24, 2.45) is 0 Å². The number of nitrogens with zero attached hydrogens (tertiary/aromatic N) is 2. The largest absolute Gasteiger partial charge is 0.504 e. The Kier molecular flexibility index (Phi) is 6.74. The van der Waals surface area contributed by atoms with Crippen molar-refractivity contribution in [3.8, 4) is 11.5 Å². The Balaban J connectivity index is 1.50. The van der Waals surface area contributed by atoms with Gasteiger partial charge in [-0.25, -0.2) is 4.98 Å². The summed E-state index contributed by atoms with van der Waals surface area (Å²) in [4.78, 5) is 8.45. The van der Waals surface area contributed by atoms with Crippen molar-refractivity contribution in [1.82, 2.24) is 9.88 Å². The third kappa shape index (κ3) is 5.23. The molecule has 1 aromatic carbocycles. The first-order chi connectivity index (χ1) is 13.1. The van der Waals surface area contributed by atoms with E-state index < -0.39 is 0 Å². The van der Waals surface area contributed by atoms with E-state index in [1.165, 1.54) is 23.1 Å². The predicted molar refractivity (Wildman–Crippen MR) is 112 cm³/mol. The third-order valence-electron chi connectivity index (χ3n) is 5.08. The van der Waals surface area contributed by atoms with Gasteiger partial charge in [-0.3, -0.25) is 0 Å². The maximum absolute atomic E-state index is 9.55. The molecule has 0 fully saturated rings. The van der Waals surface area contributed by atoms with Gasteiger partial charge in [0.2, 0.25) is 0 Å². The molecule has 0 bridgehead atoms. The van der Waals surface area contributed by atoms with Crippen LogP contribution in [0.15, 0.2) is 24.3 Å². The zero-order valence-electron chi connectivity index (χ0n) is 15.9. The van der Waals surface area contributed by atoms with Gasteiger partial charge in [0, 0.05) is 10.9 Å². The Morgan fingerprint density at radius 3 is 2.93 bits per heavy atom. The van der Waals surface area contributed by atoms with E-state index in [2.05, 4.69) is 22.9 Å². The molecule has 146 valence electrons. The summed E-state index contributed by atoms with van der Waals surface area (Å²) >= 11 is 1.65. The summed E-state index contributed by atoms with van der Waals surface area (Å²) in [6.45, 7) is 4.46. The molecule has 0 spiro atoms. The summed E-state index contributed by atoms with van der Waals surface area (Å²) in [6.07, 6.45) is 10.7. The van der Waals surface area contributed by atoms with Gasteiger partial charge in [-0.2, -0.15) is 0 Å². The van der Waals surface area contributed by atoms with E-state index in [9.17, 15) is 10.2 Å². The Bertz CT molecular complexity index is 788. The molecule has 1 aliphatic rings. The smallest absolute Gasteiger partial charge is 0.180 e. The fourth-order valence-electron chi connectivity index (χ4n) is 3.73. The van der Waals surface area contributed by atoms with Gasteiger partial charge >= 0.3 is 0 Å². The van der Waals surface area contributed by atoms with Crippen molar-refractivity contribution in [2.75, 3.05) is 18.8 Å². The van der Waals surface area contributed by atoms with E-state index in [1.807, 2.05) is 6.08 Å². The van der Waals surface area contributed by atoms with Gasteiger partial charge in [-0.15, -0.1) is 11.3 Å². The van der Waals surface area contributed by atoms with Crippen molar-refractivity contribution >= 4 is 22.5 Å². The van der Waals surface area contributed by atoms with Crippen LogP contribution in [0.3, 0.4) is 0 Å². The lowest BCUT2D eigenvalue weighted by molar-refractivity contribution is 0.178. The topological polar surface area (TPSA) is 82.6 Å². The zero-order valence-corrected chi connectivity index (χ0v) is 16.7. The van der Waals surface area contributed by atoms with Gasteiger partial charge in [0.05, 0.1) is 5.69 Å². The van der Waals surface area contributed by atoms with E-state index in [0.29, 0.717) is 11.2 Å². The van der Waals surface area contributed by atoms with Crippen molar-refractivity contribution in [2.45, 2.75) is 51.5 Å². The summed E-state index contributed by atoms with van der Waals surface area (Å²) in [5, 5.41) is 19.6. The van der Waals surface area contributed by atoms with Gasteiger partial charge in [-0.1, -0.05) is 25.1 Å². The van der Waals surface area contributed by atoms with E-state index in [-0.39, 0.29) is 11.5 Å². The lowest BCUT2D eigenvalue weighted by Gasteiger charge is -2.33. The number of rotatable bonds is 8. The molecular formula is C21H29N3O2S. The van der Waals surface area contributed by atoms with Gasteiger partial charge in [0.15, 0.2) is 16.6 Å². The minimum atomic E-state index is -0.0827. The molecule has 3 rings (SSSR count). The van der Waals surface area contributed by atoms with Crippen LogP contribution < -0.4 is 5.73 Å². The quantitative estimate of drug-likeness (QED) is 0.467. The number of phenols is 2. The number of thiazole rings is 1. The lowest BCUT2D eigenvalue weighted by Crippen LogP contribution is -2.40. The highest BCUT2D eigenvalue weighted by Crippen LogP contribution is 2.30. The lowest BCUT2D eigenvalue weighted by atomic mass is 9.96. The molecule has 1 atom stereocenters. The SMILES string of the molecule is CCCN(CCC/C=C\c1ccc(O)c(O)c1)C1CCc2nc(N)sc2C1. The molecule has 27 heavy (non-hydrogen) atoms. The van der Waals surface area contributed by atoms with Crippen LogP contribution in [-0.2, 0) is 12.8 Å². The molecule has 1 aromatic heterocycles. The number of aromatic nitrogens is 1. The molecule has 0 amide bonds. The number of aryl methyl sites for hydroxylation is 1. The van der Waals surface area contributed by atoms with Crippen LogP contribution in [0.4, 0.5) is 5.13 Å². The normalized spacial score (nSPS) is 16.9. The zero-order chi connectivity index (χ0) is 19.2. The number of unbranched alkanes of at least 4 members (excludes halogenated alkanes) is 1. The maximum Gasteiger partial charge on any atom is 0.180 e. The van der Waals surface area contributed by atoms with Crippen LogP contribution in [0.2, 0.25) is 0 Å². The first-order valence-corrected chi connectivity index (χ1v) is 10.5. The minimum absolute atomic E-state index is 0.0772. The average molecular weight is 388 g/mol. The van der Waals surface area contributed by atoms with E-state index in [4.69, 9.17) is 5.73 Å². The molecule has 6 heteroatoms. The number of benzene rings is 1. The second-order valence-electron chi connectivity index (χ2n) is 7.15. The molecular weight excluding hydrogens is 358 g/mol. The summed E-state index contributed by atoms with van der Waals surface area (Å²) in [5.74, 6) is -0.160. The second-order valence-corrected chi connectivity index (χ2v) is 8.26. The van der Waals surface area contributed by atoms with Crippen molar-refractivity contribution in [3.63, 3.8) is 0 Å². The summed E-state index contributed by atoms with van der Waals surface area (Å²) < 4.78 is 0. The number of phenolic OH excluding ortho intramolecular Hbond substituents is 2. The summed E-state index contributed by atoms with van der Waals surface area (Å²) in [5.41, 5.74) is 7.99. The van der Waals surface area contributed by atoms with Crippen molar-refractivity contribution in [1.29, 1.82) is 0 Å². The predicted octanol–water partition coefficient (Wildman–Crippen LogP) is 4.20. The van der Waals surface area contributed by atoms with Crippen LogP contribution in [0.1, 0.15) is 48.7 Å². The Morgan fingerprint density at radius 2 is 2.15 bits per heavy atom. The van der Waals surface area contributed by atoms with Crippen molar-refractivity contribution < 1.29 is 10.2 Å². The number of nitrogens with two attached hydrogens (primary N) is 1. The van der Waals surface area contributed by atoms with Crippen LogP contribution >= 0.6 is 11.3 Å². The highest BCUT2D eigenvalue weighted by molar-refractivity contribution is 7.15. The molecule has 5 nitrogen and oxygen atoms in total. The first-order valence-electron chi connectivity index (χ1n) is 9.73. The Labute approximate surface area is 165 Å². The molecule has 0 saturated heterocycles. The molecule has 1 aliphatic carbocycles. The van der Waals surface area contributed by atoms with Gasteiger partial charge < -0.3 is 20.8 Å². The number of hydrogen-bond donors (Lipinski definition) is 3. The third-order valence-corrected chi connectivity index (χ3v) is 6.03. The Hall–Kier alpha value is -2.05. The Morgan fingerprint density at radius 1 is 1.30 bits per heavy atom. The van der Waals surface area contributed by atoms with Gasteiger partial charge in [0.25, 0.3) is 0 Å². The summed E-state index contributed by atoms with van der Waals surface area (Å²) in [7, 11) is 0. The maximum atomic E-state index is 9.55. The van der Waals surface area contributed by atoms with Gasteiger partial charge in [-0.05, 0) is 69.3 Å². The fourth-order valence-corrected chi connectivity index (χ4v) is 4.68. The first kappa shape index (κ1) is 19.7. The summed E-state index contributed by atoms with van der Waals surface area (Å²) in [6, 6.07) is 5.49. The van der Waals surface area contributed by atoms with Crippen LogP contribution in [0.25, 0.3) is 6.08 Å². The monoisotopic (exact) mass is 387 g/mol. The number of hydrogen-bond acceptors (Lipinski definition) is 6. The standard InChI is InChI=1S/C21H29N3O2S/c1-2-11-24(16-8-9-17-20(14-16)27-21(22)23-17)12-5-3-4-6-15-7-10-18(25)19(26)13-15/h4,6-7,10,13,16,25-26H,2-3,5,8-9,11-12,14H2,1H3,(H2,22,23)/b6-4-. The molecule has 0 aliphatic heterocycles. The van der Waals surface area contributed by atoms with Crippen LogP contribution in [-0.4, -0.2) is 39.2 Å². The number of fused-ring (bicyclic) bond motifs is 1. The van der Waals surface area contributed by atoms with Crippen LogP contribution in [0, 0.1) is 0 Å². The number of allylic oxidation sites excluding steroid dienone is 1. The van der Waals surface area contributed by atoms with E-state index in [1.54, 1.807) is 23.5 Å². The molecule has 4 N–H and O–H groups in total. The number of nitrogen functional groups attached to an aromatic ring is 1. The molecule has 2 aromatic rings. The highest BCUT2D eigenvalue weighted by Gasteiger charge is 2.26. The molecule has 1 heterocycles. The van der Waals surface area contributed by atoms with E-state index in [0.717, 1.165) is 50.8 Å². The second kappa shape index (κ2) is 9.24.